The molecule has 2 heterocycles. The Hall–Kier alpha value is -1.32. The number of hydrogen-bond donors (Lipinski definition) is 1. The average molecular weight is 273 g/mol. The normalized spacial score (nSPS) is 15.0. The molecule has 1 aromatic carbocycles. The van der Waals surface area contributed by atoms with Crippen molar-refractivity contribution in [3.8, 4) is 5.75 Å². The van der Waals surface area contributed by atoms with Crippen LogP contribution in [0.25, 0.3) is 0 Å². The molecule has 2 aromatic rings. The van der Waals surface area contributed by atoms with Gasteiger partial charge in [-0.3, -0.25) is 0 Å². The summed E-state index contributed by atoms with van der Waals surface area (Å²) >= 11 is 1.83. The Balaban J connectivity index is 1.65. The number of fused-ring (bicyclic) bond motifs is 1. The molecule has 0 saturated heterocycles. The van der Waals surface area contributed by atoms with E-state index in [1.54, 1.807) is 0 Å². The van der Waals surface area contributed by atoms with Crippen molar-refractivity contribution in [3.05, 3.63) is 51.7 Å². The molecule has 0 radical (unpaired) electrons. The van der Waals surface area contributed by atoms with E-state index in [9.17, 15) is 0 Å². The highest BCUT2D eigenvalue weighted by atomic mass is 32.1. The molecule has 0 bridgehead atoms. The van der Waals surface area contributed by atoms with Crippen LogP contribution >= 0.6 is 11.3 Å². The Kier molecular flexibility index (Phi) is 3.85. The maximum atomic E-state index is 5.55. The SMILES string of the molecule is CNC(CCc1ccc2c(c1)CCO2)c1cccs1. The van der Waals surface area contributed by atoms with Crippen molar-refractivity contribution in [2.45, 2.75) is 25.3 Å². The van der Waals surface area contributed by atoms with Crippen LogP contribution in [0, 0.1) is 0 Å². The minimum absolute atomic E-state index is 0.463. The number of ether oxygens (including phenoxy) is 1. The van der Waals surface area contributed by atoms with E-state index in [4.69, 9.17) is 4.74 Å². The lowest BCUT2D eigenvalue weighted by molar-refractivity contribution is 0.357. The van der Waals surface area contributed by atoms with Gasteiger partial charge >= 0.3 is 0 Å². The van der Waals surface area contributed by atoms with E-state index in [1.807, 2.05) is 18.4 Å². The Morgan fingerprint density at radius 2 is 2.32 bits per heavy atom. The van der Waals surface area contributed by atoms with Crippen LogP contribution in [0.1, 0.15) is 28.5 Å². The van der Waals surface area contributed by atoms with Crippen molar-refractivity contribution in [2.75, 3.05) is 13.7 Å². The lowest BCUT2D eigenvalue weighted by atomic mass is 10.0. The second-order valence-corrected chi connectivity index (χ2v) is 5.92. The van der Waals surface area contributed by atoms with E-state index in [1.165, 1.54) is 16.0 Å². The molecule has 3 rings (SSSR count). The van der Waals surface area contributed by atoms with Gasteiger partial charge in [-0.15, -0.1) is 11.3 Å². The van der Waals surface area contributed by atoms with Gasteiger partial charge in [0, 0.05) is 17.3 Å². The molecular formula is C16H19NOS. The van der Waals surface area contributed by atoms with Crippen LogP contribution in [0.2, 0.25) is 0 Å². The fourth-order valence-electron chi connectivity index (χ4n) is 2.62. The van der Waals surface area contributed by atoms with E-state index in [0.717, 1.165) is 31.6 Å². The molecule has 1 unspecified atom stereocenters. The molecule has 0 amide bonds. The summed E-state index contributed by atoms with van der Waals surface area (Å²) in [5, 5.41) is 5.56. The lowest BCUT2D eigenvalue weighted by Gasteiger charge is -2.14. The molecule has 1 aliphatic heterocycles. The van der Waals surface area contributed by atoms with Crippen molar-refractivity contribution in [2.24, 2.45) is 0 Å². The standard InChI is InChI=1S/C16H19NOS/c1-17-14(16-3-2-10-19-16)6-4-12-5-7-15-13(11-12)8-9-18-15/h2-3,5,7,10-11,14,17H,4,6,8-9H2,1H3. The van der Waals surface area contributed by atoms with Crippen LogP contribution in [0.5, 0.6) is 5.75 Å². The van der Waals surface area contributed by atoms with Gasteiger partial charge in [0.05, 0.1) is 6.61 Å². The molecule has 1 atom stereocenters. The van der Waals surface area contributed by atoms with Crippen molar-refractivity contribution < 1.29 is 4.74 Å². The quantitative estimate of drug-likeness (QED) is 0.899. The van der Waals surface area contributed by atoms with E-state index >= 15 is 0 Å². The van der Waals surface area contributed by atoms with Gasteiger partial charge in [0.15, 0.2) is 0 Å². The van der Waals surface area contributed by atoms with Gasteiger partial charge in [0.2, 0.25) is 0 Å². The molecule has 1 aliphatic rings. The third kappa shape index (κ3) is 2.82. The zero-order valence-electron chi connectivity index (χ0n) is 11.2. The first-order valence-corrected chi connectivity index (χ1v) is 7.70. The van der Waals surface area contributed by atoms with Gasteiger partial charge in [-0.2, -0.15) is 0 Å². The second kappa shape index (κ2) is 5.76. The van der Waals surface area contributed by atoms with E-state index in [2.05, 4.69) is 41.0 Å². The van der Waals surface area contributed by atoms with Gasteiger partial charge in [-0.1, -0.05) is 18.2 Å². The summed E-state index contributed by atoms with van der Waals surface area (Å²) in [7, 11) is 2.04. The monoisotopic (exact) mass is 273 g/mol. The summed E-state index contributed by atoms with van der Waals surface area (Å²) in [6, 6.07) is 11.4. The van der Waals surface area contributed by atoms with Crippen molar-refractivity contribution in [1.29, 1.82) is 0 Å². The first kappa shape index (κ1) is 12.7. The fraction of sp³-hybridized carbons (Fsp3) is 0.375. The van der Waals surface area contributed by atoms with Crippen molar-refractivity contribution in [3.63, 3.8) is 0 Å². The Morgan fingerprint density at radius 1 is 1.37 bits per heavy atom. The highest BCUT2D eigenvalue weighted by Gasteiger charge is 2.14. The average Bonchev–Trinajstić information content (AvgIpc) is 3.10. The van der Waals surface area contributed by atoms with Crippen LogP contribution in [-0.2, 0) is 12.8 Å². The van der Waals surface area contributed by atoms with Crippen LogP contribution in [0.3, 0.4) is 0 Å². The van der Waals surface area contributed by atoms with E-state index in [-0.39, 0.29) is 0 Å². The predicted octanol–water partition coefficient (Wildman–Crippen LogP) is 3.58. The smallest absolute Gasteiger partial charge is 0.122 e. The molecule has 0 saturated carbocycles. The van der Waals surface area contributed by atoms with Crippen LogP contribution < -0.4 is 10.1 Å². The van der Waals surface area contributed by atoms with Gasteiger partial charge in [-0.25, -0.2) is 0 Å². The zero-order chi connectivity index (χ0) is 13.1. The topological polar surface area (TPSA) is 21.3 Å². The molecule has 1 N–H and O–H groups in total. The van der Waals surface area contributed by atoms with Crippen LogP contribution in [0.4, 0.5) is 0 Å². The third-order valence-electron chi connectivity index (χ3n) is 3.71. The number of aryl methyl sites for hydroxylation is 1. The summed E-state index contributed by atoms with van der Waals surface area (Å²) in [6.45, 7) is 0.840. The minimum atomic E-state index is 0.463. The molecular weight excluding hydrogens is 254 g/mol. The van der Waals surface area contributed by atoms with Gasteiger partial charge in [-0.05, 0) is 48.5 Å². The molecule has 0 fully saturated rings. The summed E-state index contributed by atoms with van der Waals surface area (Å²) in [5.74, 6) is 1.08. The second-order valence-electron chi connectivity index (χ2n) is 4.94. The van der Waals surface area contributed by atoms with Gasteiger partial charge in [0.25, 0.3) is 0 Å². The van der Waals surface area contributed by atoms with Crippen molar-refractivity contribution in [1.82, 2.24) is 5.32 Å². The number of hydrogen-bond acceptors (Lipinski definition) is 3. The molecule has 0 spiro atoms. The summed E-state index contributed by atoms with van der Waals surface area (Å²) < 4.78 is 5.55. The first-order valence-electron chi connectivity index (χ1n) is 6.82. The minimum Gasteiger partial charge on any atom is -0.493 e. The van der Waals surface area contributed by atoms with E-state index in [0.29, 0.717) is 6.04 Å². The number of benzene rings is 1. The molecule has 0 aliphatic carbocycles. The molecule has 19 heavy (non-hydrogen) atoms. The summed E-state index contributed by atoms with van der Waals surface area (Å²) in [5.41, 5.74) is 2.79. The summed E-state index contributed by atoms with van der Waals surface area (Å²) in [6.07, 6.45) is 3.30. The Bertz CT molecular complexity index is 536. The first-order chi connectivity index (χ1) is 9.36. The van der Waals surface area contributed by atoms with Crippen molar-refractivity contribution >= 4 is 11.3 Å². The molecule has 2 nitrogen and oxygen atoms in total. The highest BCUT2D eigenvalue weighted by Crippen LogP contribution is 2.28. The molecule has 100 valence electrons. The van der Waals surface area contributed by atoms with Gasteiger partial charge < -0.3 is 10.1 Å². The molecule has 3 heteroatoms. The predicted molar refractivity (Wildman–Crippen MR) is 80.1 cm³/mol. The Morgan fingerprint density at radius 3 is 3.11 bits per heavy atom. The van der Waals surface area contributed by atoms with Gasteiger partial charge in [0.1, 0.15) is 5.75 Å². The fourth-order valence-corrected chi connectivity index (χ4v) is 3.50. The van der Waals surface area contributed by atoms with E-state index < -0.39 is 0 Å². The maximum Gasteiger partial charge on any atom is 0.122 e. The lowest BCUT2D eigenvalue weighted by Crippen LogP contribution is -2.15. The number of thiophene rings is 1. The van der Waals surface area contributed by atoms with Crippen LogP contribution in [-0.4, -0.2) is 13.7 Å². The zero-order valence-corrected chi connectivity index (χ0v) is 12.0. The molecule has 1 aromatic heterocycles. The number of rotatable bonds is 5. The third-order valence-corrected chi connectivity index (χ3v) is 4.70. The highest BCUT2D eigenvalue weighted by molar-refractivity contribution is 7.10. The maximum absolute atomic E-state index is 5.55. The summed E-state index contributed by atoms with van der Waals surface area (Å²) in [4.78, 5) is 1.42. The number of nitrogens with one attached hydrogen (secondary N) is 1. The Labute approximate surface area is 118 Å². The van der Waals surface area contributed by atoms with Crippen LogP contribution in [0.15, 0.2) is 35.7 Å². The largest absolute Gasteiger partial charge is 0.493 e.